The second-order valence-corrected chi connectivity index (χ2v) is 11.8. The minimum atomic E-state index is -4.08. The molecule has 9 heteroatoms. The number of nitrogens with one attached hydrogen (secondary N) is 1. The fourth-order valence-corrected chi connectivity index (χ4v) is 6.88. The van der Waals surface area contributed by atoms with Crippen molar-refractivity contribution >= 4 is 55.4 Å². The average Bonchev–Trinajstić information content (AvgIpc) is 3.26. The molecule has 0 spiro atoms. The SMILES string of the molecule is O=C(Nc1c(S(=O)(=O)c2ccccc2)c2nc3ccccc3nc2n1C1CCCCC1)c1ccc(Cl)cc1. The monoisotopic (exact) mass is 544 g/mol. The lowest BCUT2D eigenvalue weighted by atomic mass is 9.95. The number of carbonyl (C=O) groups is 1. The molecule has 2 heterocycles. The van der Waals surface area contributed by atoms with Gasteiger partial charge in [0, 0.05) is 16.6 Å². The van der Waals surface area contributed by atoms with Gasteiger partial charge in [-0.05, 0) is 61.4 Å². The van der Waals surface area contributed by atoms with E-state index in [2.05, 4.69) is 5.32 Å². The highest BCUT2D eigenvalue weighted by Gasteiger charge is 2.35. The minimum absolute atomic E-state index is 0.0260. The van der Waals surface area contributed by atoms with Gasteiger partial charge in [0.1, 0.15) is 16.2 Å². The normalized spacial score (nSPS) is 14.7. The van der Waals surface area contributed by atoms with Gasteiger partial charge in [0.05, 0.1) is 15.9 Å². The summed E-state index contributed by atoms with van der Waals surface area (Å²) in [5.74, 6) is -0.235. The molecule has 1 saturated carbocycles. The van der Waals surface area contributed by atoms with Crippen LogP contribution < -0.4 is 5.32 Å². The maximum absolute atomic E-state index is 14.2. The highest BCUT2D eigenvalue weighted by molar-refractivity contribution is 7.92. The van der Waals surface area contributed by atoms with Crippen molar-refractivity contribution in [2.24, 2.45) is 0 Å². The third kappa shape index (κ3) is 4.33. The van der Waals surface area contributed by atoms with E-state index in [0.29, 0.717) is 27.3 Å². The molecule has 3 aromatic carbocycles. The van der Waals surface area contributed by atoms with Crippen LogP contribution in [0.25, 0.3) is 22.2 Å². The molecule has 5 aromatic rings. The number of anilines is 1. The van der Waals surface area contributed by atoms with Gasteiger partial charge in [-0.1, -0.05) is 61.2 Å². The van der Waals surface area contributed by atoms with Crippen molar-refractivity contribution < 1.29 is 13.2 Å². The van der Waals surface area contributed by atoms with E-state index in [1.165, 1.54) is 0 Å². The van der Waals surface area contributed by atoms with Crippen LogP contribution in [0.5, 0.6) is 0 Å². The molecule has 1 fully saturated rings. The quantitative estimate of drug-likeness (QED) is 0.262. The van der Waals surface area contributed by atoms with E-state index < -0.39 is 15.7 Å². The Bertz CT molecular complexity index is 1760. The lowest BCUT2D eigenvalue weighted by Crippen LogP contribution is -2.21. The van der Waals surface area contributed by atoms with Gasteiger partial charge in [0.25, 0.3) is 5.91 Å². The first-order chi connectivity index (χ1) is 18.4. The largest absolute Gasteiger partial charge is 0.307 e. The summed E-state index contributed by atoms with van der Waals surface area (Å²) in [5, 5.41) is 3.46. The highest BCUT2D eigenvalue weighted by Crippen LogP contribution is 2.42. The van der Waals surface area contributed by atoms with Crippen molar-refractivity contribution in [2.45, 2.75) is 47.9 Å². The van der Waals surface area contributed by atoms with Crippen molar-refractivity contribution in [3.8, 4) is 0 Å². The van der Waals surface area contributed by atoms with Gasteiger partial charge in [-0.25, -0.2) is 18.4 Å². The Balaban J connectivity index is 1.66. The summed E-state index contributed by atoms with van der Waals surface area (Å²) in [6.07, 6.45) is 4.85. The molecule has 38 heavy (non-hydrogen) atoms. The molecule has 0 aliphatic heterocycles. The van der Waals surface area contributed by atoms with Gasteiger partial charge >= 0.3 is 0 Å². The molecule has 0 unspecified atom stereocenters. The molecule has 0 bridgehead atoms. The van der Waals surface area contributed by atoms with E-state index in [4.69, 9.17) is 21.6 Å². The maximum atomic E-state index is 14.2. The Hall–Kier alpha value is -3.75. The Morgan fingerprint density at radius 1 is 0.842 bits per heavy atom. The van der Waals surface area contributed by atoms with Crippen LogP contribution in [-0.2, 0) is 9.84 Å². The zero-order chi connectivity index (χ0) is 26.3. The van der Waals surface area contributed by atoms with Gasteiger partial charge in [0.15, 0.2) is 5.65 Å². The number of para-hydroxylation sites is 2. The molecular weight excluding hydrogens is 520 g/mol. The number of aromatic nitrogens is 3. The number of hydrogen-bond acceptors (Lipinski definition) is 5. The molecule has 2 aromatic heterocycles. The maximum Gasteiger partial charge on any atom is 0.256 e. The van der Waals surface area contributed by atoms with Crippen molar-refractivity contribution in [3.05, 3.63) is 89.4 Å². The second-order valence-electron chi connectivity index (χ2n) is 9.50. The Labute approximate surface area is 225 Å². The summed E-state index contributed by atoms with van der Waals surface area (Å²) in [6, 6.07) is 22.1. The molecule has 6 rings (SSSR count). The van der Waals surface area contributed by atoms with Gasteiger partial charge in [-0.2, -0.15) is 0 Å². The van der Waals surface area contributed by atoms with Crippen LogP contribution in [-0.4, -0.2) is 28.9 Å². The van der Waals surface area contributed by atoms with Crippen LogP contribution >= 0.6 is 11.6 Å². The standard InChI is InChI=1S/C29H25ClN4O3S/c30-20-17-15-19(16-18-20)29(35)33-28-26(38(36,37)22-11-5-2-6-12-22)25-27(34(28)21-9-3-1-4-10-21)32-24-14-8-7-13-23(24)31-25/h2,5-8,11-18,21H,1,3-4,9-10H2,(H,33,35). The molecule has 0 atom stereocenters. The molecule has 7 nitrogen and oxygen atoms in total. The highest BCUT2D eigenvalue weighted by atomic mass is 35.5. The van der Waals surface area contributed by atoms with E-state index in [0.717, 1.165) is 32.1 Å². The van der Waals surface area contributed by atoms with Crippen LogP contribution in [0, 0.1) is 0 Å². The lowest BCUT2D eigenvalue weighted by Gasteiger charge is -2.26. The summed E-state index contributed by atoms with van der Waals surface area (Å²) in [6.45, 7) is 0. The molecule has 1 amide bonds. The zero-order valence-electron chi connectivity index (χ0n) is 20.5. The summed E-state index contributed by atoms with van der Waals surface area (Å²) in [7, 11) is -4.08. The summed E-state index contributed by atoms with van der Waals surface area (Å²) in [5.41, 5.74) is 2.32. The molecule has 0 radical (unpaired) electrons. The molecule has 1 aliphatic carbocycles. The Morgan fingerprint density at radius 2 is 1.47 bits per heavy atom. The smallest absolute Gasteiger partial charge is 0.256 e. The van der Waals surface area contributed by atoms with Crippen LogP contribution in [0.4, 0.5) is 5.82 Å². The number of rotatable bonds is 5. The molecule has 0 saturated heterocycles. The number of nitrogens with zero attached hydrogens (tertiary/aromatic N) is 3. The average molecular weight is 545 g/mol. The van der Waals surface area contributed by atoms with Crippen molar-refractivity contribution in [1.82, 2.24) is 14.5 Å². The van der Waals surface area contributed by atoms with E-state index in [1.807, 2.05) is 28.8 Å². The van der Waals surface area contributed by atoms with Crippen LogP contribution in [0.15, 0.2) is 88.7 Å². The van der Waals surface area contributed by atoms with Gasteiger partial charge in [0.2, 0.25) is 9.84 Å². The Kier molecular flexibility index (Phi) is 6.37. The number of halogens is 1. The van der Waals surface area contributed by atoms with E-state index in [1.54, 1.807) is 54.6 Å². The van der Waals surface area contributed by atoms with Crippen LogP contribution in [0.1, 0.15) is 48.5 Å². The first kappa shape index (κ1) is 24.6. The van der Waals surface area contributed by atoms with Crippen molar-refractivity contribution in [1.29, 1.82) is 0 Å². The fourth-order valence-electron chi connectivity index (χ4n) is 5.20. The van der Waals surface area contributed by atoms with E-state index >= 15 is 0 Å². The number of fused-ring (bicyclic) bond motifs is 2. The minimum Gasteiger partial charge on any atom is -0.307 e. The van der Waals surface area contributed by atoms with Crippen LogP contribution in [0.3, 0.4) is 0 Å². The first-order valence-corrected chi connectivity index (χ1v) is 14.5. The zero-order valence-corrected chi connectivity index (χ0v) is 22.0. The van der Waals surface area contributed by atoms with Gasteiger partial charge in [-0.15, -0.1) is 0 Å². The third-order valence-electron chi connectivity index (χ3n) is 7.05. The van der Waals surface area contributed by atoms with E-state index in [9.17, 15) is 13.2 Å². The van der Waals surface area contributed by atoms with E-state index in [-0.39, 0.29) is 27.2 Å². The summed E-state index contributed by atoms with van der Waals surface area (Å²) < 4.78 is 30.3. The molecule has 1 N–H and O–H groups in total. The summed E-state index contributed by atoms with van der Waals surface area (Å²) in [4.78, 5) is 23.3. The number of hydrogen-bond donors (Lipinski definition) is 1. The molecule has 1 aliphatic rings. The van der Waals surface area contributed by atoms with Crippen molar-refractivity contribution in [2.75, 3.05) is 5.32 Å². The predicted octanol–water partition coefficient (Wildman–Crippen LogP) is 6.83. The predicted molar refractivity (Wildman–Crippen MR) is 148 cm³/mol. The number of benzene rings is 3. The Morgan fingerprint density at radius 3 is 2.16 bits per heavy atom. The fraction of sp³-hybridized carbons (Fsp3) is 0.207. The third-order valence-corrected chi connectivity index (χ3v) is 9.12. The van der Waals surface area contributed by atoms with Gasteiger partial charge in [-0.3, -0.25) is 4.79 Å². The molecular formula is C29H25ClN4O3S. The first-order valence-electron chi connectivity index (χ1n) is 12.6. The topological polar surface area (TPSA) is 93.9 Å². The lowest BCUT2D eigenvalue weighted by molar-refractivity contribution is 0.102. The number of amides is 1. The van der Waals surface area contributed by atoms with Crippen molar-refractivity contribution in [3.63, 3.8) is 0 Å². The second kappa shape index (κ2) is 9.85. The summed E-state index contributed by atoms with van der Waals surface area (Å²) >= 11 is 6.03. The number of sulfone groups is 1. The number of carbonyl (C=O) groups excluding carboxylic acids is 1. The van der Waals surface area contributed by atoms with Crippen LogP contribution in [0.2, 0.25) is 5.02 Å². The van der Waals surface area contributed by atoms with Gasteiger partial charge < -0.3 is 9.88 Å². The molecule has 192 valence electrons.